The quantitative estimate of drug-likeness (QED) is 0.890. The Hall–Kier alpha value is -1.92. The molecular formula is C20H30N6. The van der Waals surface area contributed by atoms with Crippen molar-refractivity contribution in [2.24, 2.45) is 7.05 Å². The molecule has 140 valence electrons. The van der Waals surface area contributed by atoms with Gasteiger partial charge in [-0.05, 0) is 32.4 Å². The van der Waals surface area contributed by atoms with Gasteiger partial charge in [-0.2, -0.15) is 0 Å². The Bertz CT molecular complexity index is 719. The minimum Gasteiger partial charge on any atom is -0.354 e. The first kappa shape index (κ1) is 17.5. The molecule has 2 unspecified atom stereocenters. The summed E-state index contributed by atoms with van der Waals surface area (Å²) in [6, 6.07) is 4.85. The zero-order valence-corrected chi connectivity index (χ0v) is 15.9. The molecular weight excluding hydrogens is 324 g/mol. The summed E-state index contributed by atoms with van der Waals surface area (Å²) in [7, 11) is 4.29. The number of nitrogens with one attached hydrogen (secondary N) is 1. The van der Waals surface area contributed by atoms with Crippen LogP contribution in [0.4, 0.5) is 5.82 Å². The van der Waals surface area contributed by atoms with Gasteiger partial charge in [0.15, 0.2) is 0 Å². The SMILES string of the molecule is CN1CCN(c2ncccc2CNC2CCC(c3nccn3C)C2)CC1. The van der Waals surface area contributed by atoms with Crippen LogP contribution in [0.3, 0.4) is 0 Å². The lowest BCUT2D eigenvalue weighted by Crippen LogP contribution is -2.45. The summed E-state index contributed by atoms with van der Waals surface area (Å²) < 4.78 is 2.17. The Morgan fingerprint density at radius 2 is 1.92 bits per heavy atom. The van der Waals surface area contributed by atoms with Gasteiger partial charge in [0, 0.05) is 75.9 Å². The van der Waals surface area contributed by atoms with Gasteiger partial charge in [-0.25, -0.2) is 9.97 Å². The number of aromatic nitrogens is 3. The third kappa shape index (κ3) is 3.76. The molecule has 26 heavy (non-hydrogen) atoms. The number of piperazine rings is 1. The van der Waals surface area contributed by atoms with Crippen LogP contribution in [0.25, 0.3) is 0 Å². The third-order valence-electron chi connectivity index (χ3n) is 5.91. The van der Waals surface area contributed by atoms with E-state index < -0.39 is 0 Å². The second-order valence-corrected chi connectivity index (χ2v) is 7.76. The zero-order valence-electron chi connectivity index (χ0n) is 15.9. The van der Waals surface area contributed by atoms with Crippen LogP contribution in [0.2, 0.25) is 0 Å². The highest BCUT2D eigenvalue weighted by Crippen LogP contribution is 2.33. The van der Waals surface area contributed by atoms with E-state index in [0.717, 1.165) is 38.5 Å². The van der Waals surface area contributed by atoms with E-state index in [-0.39, 0.29) is 0 Å². The highest BCUT2D eigenvalue weighted by Gasteiger charge is 2.28. The summed E-state index contributed by atoms with van der Waals surface area (Å²) in [5.74, 6) is 2.97. The molecule has 1 aliphatic heterocycles. The topological polar surface area (TPSA) is 49.2 Å². The Labute approximate surface area is 156 Å². The molecule has 2 aromatic rings. The Morgan fingerprint density at radius 3 is 2.69 bits per heavy atom. The molecule has 1 aliphatic carbocycles. The molecule has 2 aromatic heterocycles. The van der Waals surface area contributed by atoms with Crippen LogP contribution in [0.15, 0.2) is 30.7 Å². The van der Waals surface area contributed by atoms with Crippen molar-refractivity contribution in [2.75, 3.05) is 38.1 Å². The van der Waals surface area contributed by atoms with Gasteiger partial charge >= 0.3 is 0 Å². The van der Waals surface area contributed by atoms with Crippen LogP contribution in [-0.2, 0) is 13.6 Å². The normalized spacial score (nSPS) is 24.3. The Kier molecular flexibility index (Phi) is 5.22. The number of nitrogens with zero attached hydrogens (tertiary/aromatic N) is 5. The monoisotopic (exact) mass is 354 g/mol. The Balaban J connectivity index is 1.36. The van der Waals surface area contributed by atoms with Crippen molar-refractivity contribution >= 4 is 5.82 Å². The predicted octanol–water partition coefficient (Wildman–Crippen LogP) is 1.99. The first-order valence-corrected chi connectivity index (χ1v) is 9.78. The summed E-state index contributed by atoms with van der Waals surface area (Å²) >= 11 is 0. The summed E-state index contributed by atoms with van der Waals surface area (Å²) in [6.07, 6.45) is 9.50. The summed E-state index contributed by atoms with van der Waals surface area (Å²) in [6.45, 7) is 5.23. The zero-order chi connectivity index (χ0) is 17.9. The lowest BCUT2D eigenvalue weighted by molar-refractivity contribution is 0.311. The number of imidazole rings is 1. The van der Waals surface area contributed by atoms with Gasteiger partial charge in [0.1, 0.15) is 11.6 Å². The molecule has 0 spiro atoms. The van der Waals surface area contributed by atoms with Crippen LogP contribution in [-0.4, -0.2) is 58.7 Å². The van der Waals surface area contributed by atoms with Gasteiger partial charge < -0.3 is 19.7 Å². The van der Waals surface area contributed by atoms with Crippen molar-refractivity contribution in [1.82, 2.24) is 24.8 Å². The van der Waals surface area contributed by atoms with E-state index in [4.69, 9.17) is 4.98 Å². The van der Waals surface area contributed by atoms with E-state index in [9.17, 15) is 0 Å². The summed E-state index contributed by atoms with van der Waals surface area (Å²) in [5, 5.41) is 3.78. The molecule has 1 saturated heterocycles. The maximum absolute atomic E-state index is 4.69. The van der Waals surface area contributed by atoms with Crippen molar-refractivity contribution in [3.8, 4) is 0 Å². The van der Waals surface area contributed by atoms with Crippen LogP contribution < -0.4 is 10.2 Å². The van der Waals surface area contributed by atoms with Crippen molar-refractivity contribution in [3.05, 3.63) is 42.1 Å². The average molecular weight is 355 g/mol. The molecule has 0 bridgehead atoms. The molecule has 3 heterocycles. The van der Waals surface area contributed by atoms with Crippen LogP contribution in [0.1, 0.15) is 36.6 Å². The van der Waals surface area contributed by atoms with E-state index in [1.54, 1.807) is 0 Å². The number of rotatable bonds is 5. The van der Waals surface area contributed by atoms with Gasteiger partial charge in [-0.15, -0.1) is 0 Å². The third-order valence-corrected chi connectivity index (χ3v) is 5.91. The van der Waals surface area contributed by atoms with Gasteiger partial charge in [0.05, 0.1) is 0 Å². The van der Waals surface area contributed by atoms with Gasteiger partial charge in [0.2, 0.25) is 0 Å². The second kappa shape index (κ2) is 7.76. The standard InChI is InChI=1S/C20H30N6/c1-24-10-12-26(13-11-24)20-17(4-3-7-21-20)15-23-18-6-5-16(14-18)19-22-8-9-25(19)2/h3-4,7-9,16,18,23H,5-6,10-15H2,1-2H3. The molecule has 6 heteroatoms. The highest BCUT2D eigenvalue weighted by atomic mass is 15.3. The van der Waals surface area contributed by atoms with E-state index in [2.05, 4.69) is 50.9 Å². The molecule has 2 aliphatic rings. The van der Waals surface area contributed by atoms with Crippen molar-refractivity contribution in [1.29, 1.82) is 0 Å². The number of hydrogen-bond acceptors (Lipinski definition) is 5. The van der Waals surface area contributed by atoms with E-state index in [1.165, 1.54) is 30.7 Å². The van der Waals surface area contributed by atoms with Crippen LogP contribution in [0, 0.1) is 0 Å². The molecule has 2 fully saturated rings. The fourth-order valence-electron chi connectivity index (χ4n) is 4.30. The fraction of sp³-hybridized carbons (Fsp3) is 0.600. The van der Waals surface area contributed by atoms with Crippen molar-refractivity contribution in [3.63, 3.8) is 0 Å². The lowest BCUT2D eigenvalue weighted by atomic mass is 10.1. The van der Waals surface area contributed by atoms with Crippen molar-refractivity contribution < 1.29 is 0 Å². The fourth-order valence-corrected chi connectivity index (χ4v) is 4.30. The molecule has 0 aromatic carbocycles. The molecule has 0 amide bonds. The van der Waals surface area contributed by atoms with Crippen molar-refractivity contribution in [2.45, 2.75) is 37.8 Å². The van der Waals surface area contributed by atoms with E-state index in [1.807, 2.05) is 18.6 Å². The maximum Gasteiger partial charge on any atom is 0.133 e. The Morgan fingerprint density at radius 1 is 1.08 bits per heavy atom. The second-order valence-electron chi connectivity index (χ2n) is 7.76. The molecule has 0 radical (unpaired) electrons. The average Bonchev–Trinajstić information content (AvgIpc) is 3.29. The first-order chi connectivity index (χ1) is 12.7. The first-order valence-electron chi connectivity index (χ1n) is 9.78. The number of aryl methyl sites for hydroxylation is 1. The number of likely N-dealkylation sites (N-methyl/N-ethyl adjacent to an activating group) is 1. The number of anilines is 1. The molecule has 1 N–H and O–H groups in total. The largest absolute Gasteiger partial charge is 0.354 e. The van der Waals surface area contributed by atoms with Gasteiger partial charge in [-0.1, -0.05) is 6.07 Å². The van der Waals surface area contributed by atoms with E-state index >= 15 is 0 Å². The predicted molar refractivity (Wildman–Crippen MR) is 104 cm³/mol. The van der Waals surface area contributed by atoms with Crippen LogP contribution >= 0.6 is 0 Å². The lowest BCUT2D eigenvalue weighted by Gasteiger charge is -2.34. The van der Waals surface area contributed by atoms with Crippen LogP contribution in [0.5, 0.6) is 0 Å². The number of pyridine rings is 1. The van der Waals surface area contributed by atoms with Gasteiger partial charge in [0.25, 0.3) is 0 Å². The molecule has 2 atom stereocenters. The molecule has 6 nitrogen and oxygen atoms in total. The van der Waals surface area contributed by atoms with E-state index in [0.29, 0.717) is 12.0 Å². The molecule has 1 saturated carbocycles. The molecule has 4 rings (SSSR count). The summed E-state index contributed by atoms with van der Waals surface area (Å²) in [4.78, 5) is 14.1. The minimum atomic E-state index is 0.567. The maximum atomic E-state index is 4.69. The highest BCUT2D eigenvalue weighted by molar-refractivity contribution is 5.47. The minimum absolute atomic E-state index is 0.567. The number of hydrogen-bond donors (Lipinski definition) is 1. The smallest absolute Gasteiger partial charge is 0.133 e. The van der Waals surface area contributed by atoms with Gasteiger partial charge in [-0.3, -0.25) is 0 Å². The summed E-state index contributed by atoms with van der Waals surface area (Å²) in [5.41, 5.74) is 1.32.